The molecule has 0 radical (unpaired) electrons. The molecule has 0 aliphatic heterocycles. The number of hydrogen-bond acceptors (Lipinski definition) is 3. The van der Waals surface area contributed by atoms with Gasteiger partial charge >= 0.3 is 0 Å². The lowest BCUT2D eigenvalue weighted by Crippen LogP contribution is -2.47. The molecule has 0 heterocycles. The van der Waals surface area contributed by atoms with Crippen molar-refractivity contribution in [3.8, 4) is 0 Å². The highest BCUT2D eigenvalue weighted by Crippen LogP contribution is 2.15. The van der Waals surface area contributed by atoms with Crippen LogP contribution in [0.5, 0.6) is 0 Å². The number of nitrogens with one attached hydrogen (secondary N) is 2. The Balaban J connectivity index is 2.40. The number of rotatable bonds is 6. The molecule has 0 atom stereocenters. The van der Waals surface area contributed by atoms with Crippen molar-refractivity contribution in [3.63, 3.8) is 0 Å². The number of nitrogens with zero attached hydrogens (tertiary/aromatic N) is 1. The SMILES string of the molecule is COCCCNC(=S)N(C)NC(=O)/C=C/c1ccccc1Cl. The molecule has 0 spiro atoms. The number of hydrogen-bond donors (Lipinski definition) is 2. The molecule has 0 aliphatic rings. The fraction of sp³-hybridized carbons (Fsp3) is 0.333. The number of carbonyl (C=O) groups is 1. The highest BCUT2D eigenvalue weighted by atomic mass is 35.5. The zero-order chi connectivity index (χ0) is 16.4. The van der Waals surface area contributed by atoms with Crippen molar-refractivity contribution in [1.29, 1.82) is 0 Å². The van der Waals surface area contributed by atoms with E-state index in [9.17, 15) is 4.79 Å². The van der Waals surface area contributed by atoms with Gasteiger partial charge in [-0.1, -0.05) is 29.8 Å². The van der Waals surface area contributed by atoms with Crippen LogP contribution >= 0.6 is 23.8 Å². The number of amides is 1. The lowest BCUT2D eigenvalue weighted by atomic mass is 10.2. The first-order valence-corrected chi connectivity index (χ1v) is 7.57. The van der Waals surface area contributed by atoms with Gasteiger partial charge in [-0.2, -0.15) is 0 Å². The predicted octanol–water partition coefficient (Wildman–Crippen LogP) is 2.23. The van der Waals surface area contributed by atoms with Gasteiger partial charge in [0.1, 0.15) is 0 Å². The van der Waals surface area contributed by atoms with E-state index in [2.05, 4.69) is 10.7 Å². The largest absolute Gasteiger partial charge is 0.385 e. The minimum Gasteiger partial charge on any atom is -0.385 e. The van der Waals surface area contributed by atoms with E-state index < -0.39 is 0 Å². The average Bonchev–Trinajstić information content (AvgIpc) is 2.50. The third-order valence-electron chi connectivity index (χ3n) is 2.70. The molecule has 120 valence electrons. The summed E-state index contributed by atoms with van der Waals surface area (Å²) in [7, 11) is 3.32. The number of carbonyl (C=O) groups excluding carboxylic acids is 1. The molecule has 2 N–H and O–H groups in total. The Morgan fingerprint density at radius 3 is 2.86 bits per heavy atom. The summed E-state index contributed by atoms with van der Waals surface area (Å²) in [4.78, 5) is 11.8. The van der Waals surface area contributed by atoms with Crippen LogP contribution in [0.15, 0.2) is 30.3 Å². The van der Waals surface area contributed by atoms with Gasteiger partial charge in [-0.15, -0.1) is 0 Å². The van der Waals surface area contributed by atoms with Crippen molar-refractivity contribution in [1.82, 2.24) is 15.8 Å². The van der Waals surface area contributed by atoms with Gasteiger partial charge in [0.25, 0.3) is 5.91 Å². The van der Waals surface area contributed by atoms with Gasteiger partial charge in [-0.3, -0.25) is 15.2 Å². The normalized spacial score (nSPS) is 10.5. The first-order valence-electron chi connectivity index (χ1n) is 6.78. The van der Waals surface area contributed by atoms with E-state index in [1.807, 2.05) is 18.2 Å². The third-order valence-corrected chi connectivity index (χ3v) is 3.47. The van der Waals surface area contributed by atoms with E-state index in [1.165, 1.54) is 11.1 Å². The number of hydrazine groups is 1. The molecule has 5 nitrogen and oxygen atoms in total. The van der Waals surface area contributed by atoms with Crippen LogP contribution in [-0.4, -0.2) is 43.3 Å². The topological polar surface area (TPSA) is 53.6 Å². The van der Waals surface area contributed by atoms with Crippen LogP contribution < -0.4 is 10.7 Å². The Labute approximate surface area is 141 Å². The molecule has 0 fully saturated rings. The lowest BCUT2D eigenvalue weighted by molar-refractivity contribution is -0.119. The van der Waals surface area contributed by atoms with Crippen molar-refractivity contribution < 1.29 is 9.53 Å². The second kappa shape index (κ2) is 10.2. The molecule has 1 aromatic rings. The van der Waals surface area contributed by atoms with Crippen LogP contribution in [0.1, 0.15) is 12.0 Å². The average molecular weight is 342 g/mol. The molecule has 22 heavy (non-hydrogen) atoms. The van der Waals surface area contributed by atoms with E-state index in [0.29, 0.717) is 23.3 Å². The minimum atomic E-state index is -0.288. The Morgan fingerprint density at radius 2 is 2.18 bits per heavy atom. The van der Waals surface area contributed by atoms with E-state index in [-0.39, 0.29) is 5.91 Å². The number of benzene rings is 1. The first-order chi connectivity index (χ1) is 10.5. The molecular formula is C15H20ClN3O2S. The third kappa shape index (κ3) is 6.89. The maximum absolute atomic E-state index is 11.8. The fourth-order valence-electron chi connectivity index (χ4n) is 1.56. The van der Waals surface area contributed by atoms with Gasteiger partial charge in [0.15, 0.2) is 5.11 Å². The lowest BCUT2D eigenvalue weighted by Gasteiger charge is -2.20. The monoisotopic (exact) mass is 341 g/mol. The molecule has 0 saturated heterocycles. The smallest absolute Gasteiger partial charge is 0.262 e. The van der Waals surface area contributed by atoms with Crippen LogP contribution in [-0.2, 0) is 9.53 Å². The quantitative estimate of drug-likeness (QED) is 0.360. The maximum atomic E-state index is 11.8. The minimum absolute atomic E-state index is 0.288. The molecular weight excluding hydrogens is 322 g/mol. The molecule has 7 heteroatoms. The zero-order valence-electron chi connectivity index (χ0n) is 12.6. The standard InChI is InChI=1S/C15H20ClN3O2S/c1-19(15(22)17-10-5-11-21-2)18-14(20)9-8-12-6-3-4-7-13(12)16/h3-4,6-9H,5,10-11H2,1-2H3,(H,17,22)(H,18,20)/b9-8+. The molecule has 0 saturated carbocycles. The number of methoxy groups -OCH3 is 1. The summed E-state index contributed by atoms with van der Waals surface area (Å²) in [5.74, 6) is -0.288. The summed E-state index contributed by atoms with van der Waals surface area (Å²) < 4.78 is 4.95. The van der Waals surface area contributed by atoms with E-state index in [0.717, 1.165) is 12.0 Å². The van der Waals surface area contributed by atoms with Crippen LogP contribution in [0.4, 0.5) is 0 Å². The van der Waals surface area contributed by atoms with Crippen molar-refractivity contribution >= 4 is 40.9 Å². The number of halogens is 1. The van der Waals surface area contributed by atoms with Crippen molar-refractivity contribution in [2.45, 2.75) is 6.42 Å². The number of ether oxygens (including phenoxy) is 1. The van der Waals surface area contributed by atoms with Gasteiger partial charge in [0, 0.05) is 38.4 Å². The summed E-state index contributed by atoms with van der Waals surface area (Å²) in [5, 5.41) is 5.52. The Morgan fingerprint density at radius 1 is 1.45 bits per heavy atom. The fourth-order valence-corrected chi connectivity index (χ4v) is 1.91. The van der Waals surface area contributed by atoms with Gasteiger partial charge in [0.2, 0.25) is 0 Å². The second-order valence-corrected chi connectivity index (χ2v) is 5.26. The predicted molar refractivity (Wildman–Crippen MR) is 93.5 cm³/mol. The van der Waals surface area contributed by atoms with E-state index in [1.54, 1.807) is 26.3 Å². The van der Waals surface area contributed by atoms with E-state index in [4.69, 9.17) is 28.6 Å². The van der Waals surface area contributed by atoms with Crippen LogP contribution in [0.25, 0.3) is 6.08 Å². The maximum Gasteiger partial charge on any atom is 0.262 e. The number of thiocarbonyl (C=S) groups is 1. The molecule has 0 aliphatic carbocycles. The Kier molecular flexibility index (Phi) is 8.50. The Bertz CT molecular complexity index is 537. The van der Waals surface area contributed by atoms with Crippen LogP contribution in [0.2, 0.25) is 5.02 Å². The van der Waals surface area contributed by atoms with E-state index >= 15 is 0 Å². The molecule has 1 rings (SSSR count). The molecule has 0 bridgehead atoms. The summed E-state index contributed by atoms with van der Waals surface area (Å²) in [6, 6.07) is 7.29. The van der Waals surface area contributed by atoms with Gasteiger partial charge < -0.3 is 10.1 Å². The van der Waals surface area contributed by atoms with Crippen LogP contribution in [0, 0.1) is 0 Å². The molecule has 0 aromatic heterocycles. The van der Waals surface area contributed by atoms with Crippen molar-refractivity contribution in [3.05, 3.63) is 40.9 Å². The molecule has 0 unspecified atom stereocenters. The highest BCUT2D eigenvalue weighted by molar-refractivity contribution is 7.80. The second-order valence-electron chi connectivity index (χ2n) is 4.47. The highest BCUT2D eigenvalue weighted by Gasteiger charge is 2.05. The first kappa shape index (κ1) is 18.4. The van der Waals surface area contributed by atoms with Crippen molar-refractivity contribution in [2.24, 2.45) is 0 Å². The van der Waals surface area contributed by atoms with Gasteiger partial charge in [0.05, 0.1) is 0 Å². The van der Waals surface area contributed by atoms with Crippen molar-refractivity contribution in [2.75, 3.05) is 27.3 Å². The zero-order valence-corrected chi connectivity index (χ0v) is 14.2. The molecule has 1 aromatic carbocycles. The molecule has 1 amide bonds. The van der Waals surface area contributed by atoms with Crippen LogP contribution in [0.3, 0.4) is 0 Å². The van der Waals surface area contributed by atoms with Gasteiger partial charge in [-0.05, 0) is 36.3 Å². The summed E-state index contributed by atoms with van der Waals surface area (Å²) in [5.41, 5.74) is 3.42. The van der Waals surface area contributed by atoms with Gasteiger partial charge in [-0.25, -0.2) is 0 Å². The summed E-state index contributed by atoms with van der Waals surface area (Å²) >= 11 is 11.2. The Hall–Kier alpha value is -1.63. The summed E-state index contributed by atoms with van der Waals surface area (Å²) in [6.07, 6.45) is 3.90. The summed E-state index contributed by atoms with van der Waals surface area (Å²) in [6.45, 7) is 1.34.